The largest absolute Gasteiger partial charge is 0.744 e. The Balaban J connectivity index is 1.67. The molecule has 0 aliphatic carbocycles. The van der Waals surface area contributed by atoms with Crippen LogP contribution in [0.4, 0.5) is 11.4 Å². The monoisotopic (exact) mass is 857 g/mol. The maximum absolute atomic E-state index is 12.1. The van der Waals surface area contributed by atoms with Crippen molar-refractivity contribution in [2.75, 3.05) is 71.9 Å². The number of benzene rings is 2. The number of aliphatic carboxylic acids is 1. The van der Waals surface area contributed by atoms with Gasteiger partial charge in [0.15, 0.2) is 5.71 Å². The van der Waals surface area contributed by atoms with Crippen molar-refractivity contribution in [3.05, 3.63) is 95.8 Å². The Morgan fingerprint density at radius 1 is 0.763 bits per heavy atom. The second-order valence-electron chi connectivity index (χ2n) is 14.8. The van der Waals surface area contributed by atoms with Crippen LogP contribution >= 0.6 is 0 Å². The third-order valence-electron chi connectivity index (χ3n) is 10.9. The molecule has 2 heterocycles. The van der Waals surface area contributed by atoms with E-state index in [1.165, 1.54) is 24.3 Å². The molecule has 2 aromatic rings. The molecule has 0 spiro atoms. The summed E-state index contributed by atoms with van der Waals surface area (Å²) in [6.07, 6.45) is 16.3. The summed E-state index contributed by atoms with van der Waals surface area (Å²) in [7, 11) is -6.22. The SMILES string of the molecule is CCN1/C(=C/C=C/C=C/C=C/C2=[N+](CCCCCC(=O)O)c3ccc(S(=O)(=O)[O-])cc3C2(C)CCOCCOC)C(C)(CCOCCOC)c2cc(S(=O)(=O)[O-])ccc21. The van der Waals surface area contributed by atoms with Gasteiger partial charge in [-0.15, -0.1) is 0 Å². The number of methoxy groups -OCH3 is 2. The van der Waals surface area contributed by atoms with Gasteiger partial charge in [-0.1, -0.05) is 30.4 Å². The molecule has 0 bridgehead atoms. The van der Waals surface area contributed by atoms with Crippen LogP contribution in [-0.4, -0.2) is 114 Å². The second kappa shape index (κ2) is 21.5. The number of ether oxygens (including phenoxy) is 4. The highest BCUT2D eigenvalue weighted by atomic mass is 32.2. The molecule has 2 aliphatic rings. The lowest BCUT2D eigenvalue weighted by molar-refractivity contribution is -0.438. The van der Waals surface area contributed by atoms with Crippen molar-refractivity contribution in [3.63, 3.8) is 0 Å². The normalized spacial score (nSPS) is 20.3. The topological polar surface area (TPSA) is 195 Å². The molecule has 0 saturated heterocycles. The van der Waals surface area contributed by atoms with Gasteiger partial charge in [0.2, 0.25) is 5.69 Å². The van der Waals surface area contributed by atoms with E-state index in [1.54, 1.807) is 26.4 Å². The first kappa shape index (κ1) is 47.7. The van der Waals surface area contributed by atoms with Gasteiger partial charge in [-0.25, -0.2) is 16.8 Å². The smallest absolute Gasteiger partial charge is 0.303 e. The lowest BCUT2D eigenvalue weighted by Gasteiger charge is -2.30. The number of carboxylic acid groups (broad SMARTS) is 1. The molecular weight excluding hydrogens is 801 g/mol. The molecule has 0 fully saturated rings. The molecule has 59 heavy (non-hydrogen) atoms. The molecule has 2 atom stereocenters. The second-order valence-corrected chi connectivity index (χ2v) is 17.6. The molecule has 0 aromatic heterocycles. The molecule has 1 N–H and O–H groups in total. The molecule has 2 aromatic carbocycles. The first-order chi connectivity index (χ1) is 28.0. The summed E-state index contributed by atoms with van der Waals surface area (Å²) in [6, 6.07) is 8.95. The van der Waals surface area contributed by atoms with Crippen molar-refractivity contribution < 1.29 is 59.4 Å². The van der Waals surface area contributed by atoms with Crippen molar-refractivity contribution in [1.82, 2.24) is 0 Å². The quantitative estimate of drug-likeness (QED) is 0.0533. The van der Waals surface area contributed by atoms with E-state index in [4.69, 9.17) is 24.1 Å². The Kier molecular flexibility index (Phi) is 17.4. The number of rotatable bonds is 25. The predicted molar refractivity (Wildman–Crippen MR) is 223 cm³/mol. The van der Waals surface area contributed by atoms with Gasteiger partial charge in [0, 0.05) is 81.3 Å². The van der Waals surface area contributed by atoms with Crippen LogP contribution in [0.5, 0.6) is 0 Å². The zero-order valence-electron chi connectivity index (χ0n) is 34.6. The van der Waals surface area contributed by atoms with Gasteiger partial charge in [-0.05, 0) is 88.4 Å². The maximum atomic E-state index is 12.1. The molecule has 16 heteroatoms. The number of carboxylic acids is 1. The van der Waals surface area contributed by atoms with Gasteiger partial charge in [0.25, 0.3) is 0 Å². The van der Waals surface area contributed by atoms with Crippen LogP contribution in [0.25, 0.3) is 0 Å². The van der Waals surface area contributed by atoms with Gasteiger partial charge in [0.1, 0.15) is 26.8 Å². The minimum atomic E-state index is -4.73. The average Bonchev–Trinajstić information content (AvgIpc) is 3.56. The lowest BCUT2D eigenvalue weighted by Crippen LogP contribution is -2.33. The molecule has 0 saturated carbocycles. The van der Waals surface area contributed by atoms with E-state index < -0.39 is 37.0 Å². The van der Waals surface area contributed by atoms with Crippen LogP contribution < -0.4 is 4.90 Å². The fraction of sp³-hybridized carbons (Fsp3) is 0.488. The number of anilines is 1. The number of nitrogens with zero attached hydrogens (tertiary/aromatic N) is 2. The van der Waals surface area contributed by atoms with Gasteiger partial charge in [0.05, 0.1) is 41.6 Å². The Labute approximate surface area is 349 Å². The van der Waals surface area contributed by atoms with E-state index in [9.17, 15) is 30.7 Å². The van der Waals surface area contributed by atoms with Crippen molar-refractivity contribution >= 4 is 43.3 Å². The molecule has 324 valence electrons. The Morgan fingerprint density at radius 2 is 1.34 bits per heavy atom. The van der Waals surface area contributed by atoms with E-state index in [-0.39, 0.29) is 16.2 Å². The van der Waals surface area contributed by atoms with Crippen molar-refractivity contribution in [1.29, 1.82) is 0 Å². The number of allylic oxidation sites excluding steroid dienone is 8. The van der Waals surface area contributed by atoms with Crippen molar-refractivity contribution in [3.8, 4) is 0 Å². The molecule has 0 amide bonds. The van der Waals surface area contributed by atoms with E-state index in [1.807, 2.05) is 63.3 Å². The van der Waals surface area contributed by atoms with Crippen LogP contribution in [0.15, 0.2) is 94.4 Å². The Morgan fingerprint density at radius 3 is 1.93 bits per heavy atom. The fourth-order valence-corrected chi connectivity index (χ4v) is 8.73. The average molecular weight is 858 g/mol. The molecule has 2 aliphatic heterocycles. The summed E-state index contributed by atoms with van der Waals surface area (Å²) in [4.78, 5) is 12.6. The zero-order valence-corrected chi connectivity index (χ0v) is 36.2. The summed E-state index contributed by atoms with van der Waals surface area (Å²) >= 11 is 0. The van der Waals surface area contributed by atoms with E-state index in [0.717, 1.165) is 28.3 Å². The summed E-state index contributed by atoms with van der Waals surface area (Å²) < 4.78 is 96.4. The molecule has 0 radical (unpaired) electrons. The third kappa shape index (κ3) is 12.1. The Bertz CT molecular complexity index is 2160. The van der Waals surface area contributed by atoms with Crippen LogP contribution in [-0.2, 0) is 54.8 Å². The summed E-state index contributed by atoms with van der Waals surface area (Å²) in [6.45, 7) is 9.53. The first-order valence-corrected chi connectivity index (χ1v) is 22.5. The first-order valence-electron chi connectivity index (χ1n) is 19.7. The van der Waals surface area contributed by atoms with Crippen LogP contribution in [0.1, 0.15) is 70.4 Å². The number of hydrogen-bond donors (Lipinski definition) is 1. The summed E-state index contributed by atoms with van der Waals surface area (Å²) in [5, 5.41) is 9.12. The number of fused-ring (bicyclic) bond motifs is 2. The summed E-state index contributed by atoms with van der Waals surface area (Å²) in [5.41, 5.74) is 3.42. The number of unbranched alkanes of at least 4 members (excludes halogenated alkanes) is 2. The van der Waals surface area contributed by atoms with E-state index in [0.29, 0.717) is 90.4 Å². The highest BCUT2D eigenvalue weighted by Crippen LogP contribution is 2.50. The standard InChI is InChI=1S/C43H58N2O12S2/c1-6-44-37-20-18-33(58(48,49)50)31-35(37)42(2,22-25-56-29-27-54-4)39(44)15-11-8-7-9-12-16-40-43(3,23-26-57-30-28-55-5)36-32-34(59(51,52)53)19-21-38(36)45(40)24-14-10-13-17-41(46)47/h7-9,11-12,15-16,18-21,31-32H,6,10,13-14,17,22-30H2,1-5H3,(H2-,46,47,48,49,50,51,52,53)/p-1. The highest BCUT2D eigenvalue weighted by Gasteiger charge is 2.48. The van der Waals surface area contributed by atoms with Gasteiger partial charge < -0.3 is 38.1 Å². The lowest BCUT2D eigenvalue weighted by atomic mass is 9.76. The van der Waals surface area contributed by atoms with E-state index >= 15 is 0 Å². The van der Waals surface area contributed by atoms with Gasteiger partial charge in [-0.2, -0.15) is 4.58 Å². The third-order valence-corrected chi connectivity index (χ3v) is 12.6. The molecule has 14 nitrogen and oxygen atoms in total. The maximum Gasteiger partial charge on any atom is 0.303 e. The molecular formula is C43H57N2O12S2-. The fourth-order valence-electron chi connectivity index (χ4n) is 7.73. The number of likely N-dealkylation sites (N-methyl/N-ethyl adjacent to an activating group) is 1. The molecule has 4 rings (SSSR count). The summed E-state index contributed by atoms with van der Waals surface area (Å²) in [5.74, 6) is -0.850. The van der Waals surface area contributed by atoms with E-state index in [2.05, 4.69) is 9.48 Å². The van der Waals surface area contributed by atoms with Gasteiger partial charge >= 0.3 is 5.97 Å². The van der Waals surface area contributed by atoms with Crippen molar-refractivity contribution in [2.45, 2.75) is 79.9 Å². The van der Waals surface area contributed by atoms with Gasteiger partial charge in [-0.3, -0.25) is 4.79 Å². The minimum Gasteiger partial charge on any atom is -0.744 e. The molecule has 2 unspecified atom stereocenters. The van der Waals surface area contributed by atoms with Crippen LogP contribution in [0.2, 0.25) is 0 Å². The Hall–Kier alpha value is -4.00. The minimum absolute atomic E-state index is 0.0714. The number of hydrogen-bond acceptors (Lipinski definition) is 12. The van der Waals surface area contributed by atoms with Crippen LogP contribution in [0, 0.1) is 0 Å². The van der Waals surface area contributed by atoms with Crippen LogP contribution in [0.3, 0.4) is 0 Å². The predicted octanol–water partition coefficient (Wildman–Crippen LogP) is 5.95. The number of carbonyl (C=O) groups is 1. The highest BCUT2D eigenvalue weighted by molar-refractivity contribution is 7.86. The van der Waals surface area contributed by atoms with Crippen molar-refractivity contribution in [2.24, 2.45) is 0 Å². The zero-order chi connectivity index (χ0) is 43.3.